The second kappa shape index (κ2) is 7.68. The first-order chi connectivity index (χ1) is 12.1. The molecule has 1 atom stereocenters. The summed E-state index contributed by atoms with van der Waals surface area (Å²) in [5.41, 5.74) is 1.88. The lowest BCUT2D eigenvalue weighted by molar-refractivity contribution is 0.0673. The molecule has 2 aromatic rings. The Morgan fingerprint density at radius 3 is 2.96 bits per heavy atom. The van der Waals surface area contributed by atoms with Gasteiger partial charge in [0, 0.05) is 11.5 Å². The molecule has 1 aromatic heterocycles. The van der Waals surface area contributed by atoms with Gasteiger partial charge in [0.25, 0.3) is 5.91 Å². The second-order valence-corrected chi connectivity index (χ2v) is 7.22. The predicted molar refractivity (Wildman–Crippen MR) is 97.4 cm³/mol. The van der Waals surface area contributed by atoms with E-state index in [4.69, 9.17) is 9.47 Å². The lowest BCUT2D eigenvalue weighted by Gasteiger charge is -2.14. The molecule has 6 heteroatoms. The molecule has 1 aromatic carbocycles. The summed E-state index contributed by atoms with van der Waals surface area (Å²) in [4.78, 5) is 13.7. The molecule has 0 saturated carbocycles. The molecule has 0 bridgehead atoms. The summed E-state index contributed by atoms with van der Waals surface area (Å²) >= 11 is 1.41. The summed E-state index contributed by atoms with van der Waals surface area (Å²) < 4.78 is 11.4. The molecule has 130 valence electrons. The van der Waals surface area contributed by atoms with Crippen molar-refractivity contribution in [3.8, 4) is 11.8 Å². The summed E-state index contributed by atoms with van der Waals surface area (Å²) in [5, 5.41) is 12.8. The molecule has 1 aliphatic heterocycles. The number of rotatable bonds is 5. The van der Waals surface area contributed by atoms with Gasteiger partial charge in [-0.2, -0.15) is 5.26 Å². The molecule has 0 spiro atoms. The highest BCUT2D eigenvalue weighted by Gasteiger charge is 2.20. The summed E-state index contributed by atoms with van der Waals surface area (Å²) in [5.74, 6) is 0.250. The van der Waals surface area contributed by atoms with E-state index < -0.39 is 0 Å². The van der Waals surface area contributed by atoms with Crippen LogP contribution in [0.4, 0.5) is 5.00 Å². The Morgan fingerprint density at radius 1 is 1.44 bits per heavy atom. The maximum Gasteiger partial charge on any atom is 0.260 e. The Hall–Kier alpha value is -2.36. The van der Waals surface area contributed by atoms with Gasteiger partial charge in [0.05, 0.1) is 17.2 Å². The van der Waals surface area contributed by atoms with Crippen LogP contribution in [0.1, 0.15) is 39.2 Å². The number of nitrogens with zero attached hydrogens (tertiary/aromatic N) is 1. The highest BCUT2D eigenvalue weighted by atomic mass is 32.1. The number of nitrogens with one attached hydrogen (secondary N) is 1. The highest BCUT2D eigenvalue weighted by Crippen LogP contribution is 2.32. The van der Waals surface area contributed by atoms with Crippen LogP contribution in [0.5, 0.6) is 5.75 Å². The quantitative estimate of drug-likeness (QED) is 0.877. The smallest absolute Gasteiger partial charge is 0.260 e. The monoisotopic (exact) mass is 356 g/mol. The van der Waals surface area contributed by atoms with Gasteiger partial charge >= 0.3 is 0 Å². The fraction of sp³-hybridized carbons (Fsp3) is 0.368. The van der Waals surface area contributed by atoms with Crippen molar-refractivity contribution in [3.05, 3.63) is 45.8 Å². The molecule has 2 heterocycles. The fourth-order valence-corrected chi connectivity index (χ4v) is 3.76. The van der Waals surface area contributed by atoms with Gasteiger partial charge in [-0.05, 0) is 44.4 Å². The average molecular weight is 356 g/mol. The number of para-hydroxylation sites is 1. The zero-order chi connectivity index (χ0) is 17.8. The van der Waals surface area contributed by atoms with Crippen molar-refractivity contribution < 1.29 is 14.3 Å². The van der Waals surface area contributed by atoms with E-state index in [9.17, 15) is 10.1 Å². The van der Waals surface area contributed by atoms with Crippen molar-refractivity contribution in [2.24, 2.45) is 0 Å². The number of benzene rings is 1. The van der Waals surface area contributed by atoms with E-state index >= 15 is 0 Å². The molecule has 1 saturated heterocycles. The molecule has 25 heavy (non-hydrogen) atoms. The zero-order valence-corrected chi connectivity index (χ0v) is 15.1. The number of aryl methyl sites for hydroxylation is 1. The van der Waals surface area contributed by atoms with Gasteiger partial charge in [0.1, 0.15) is 23.4 Å². The van der Waals surface area contributed by atoms with Crippen LogP contribution in [-0.4, -0.2) is 25.2 Å². The van der Waals surface area contributed by atoms with Crippen LogP contribution in [0.2, 0.25) is 0 Å². The molecular formula is C19H20N2O3S. The third-order valence-electron chi connectivity index (χ3n) is 4.30. The van der Waals surface area contributed by atoms with E-state index in [-0.39, 0.29) is 12.0 Å². The van der Waals surface area contributed by atoms with Gasteiger partial charge in [-0.3, -0.25) is 4.79 Å². The van der Waals surface area contributed by atoms with Crippen molar-refractivity contribution in [1.29, 1.82) is 5.26 Å². The van der Waals surface area contributed by atoms with Crippen LogP contribution >= 0.6 is 11.3 Å². The number of carbonyl (C=O) groups excluding carboxylic acids is 1. The van der Waals surface area contributed by atoms with Gasteiger partial charge in [0.15, 0.2) is 0 Å². The van der Waals surface area contributed by atoms with E-state index in [1.165, 1.54) is 11.3 Å². The number of carbonyl (C=O) groups is 1. The van der Waals surface area contributed by atoms with Crippen molar-refractivity contribution in [2.75, 3.05) is 18.5 Å². The van der Waals surface area contributed by atoms with Crippen LogP contribution in [-0.2, 0) is 4.74 Å². The van der Waals surface area contributed by atoms with Crippen LogP contribution in [0.15, 0.2) is 24.3 Å². The topological polar surface area (TPSA) is 71.3 Å². The minimum atomic E-state index is -0.277. The van der Waals surface area contributed by atoms with Gasteiger partial charge < -0.3 is 14.8 Å². The van der Waals surface area contributed by atoms with Gasteiger partial charge in [-0.25, -0.2) is 0 Å². The molecule has 1 fully saturated rings. The Balaban J connectivity index is 1.76. The molecule has 1 unspecified atom stereocenters. The first-order valence-electron chi connectivity index (χ1n) is 8.25. The SMILES string of the molecule is Cc1sc(NC(=O)c2ccccc2OCC2CCCO2)c(C#N)c1C. The van der Waals surface area contributed by atoms with Crippen molar-refractivity contribution in [3.63, 3.8) is 0 Å². The number of thiophene rings is 1. The van der Waals surface area contributed by atoms with E-state index in [1.807, 2.05) is 19.9 Å². The molecule has 5 nitrogen and oxygen atoms in total. The highest BCUT2D eigenvalue weighted by molar-refractivity contribution is 7.16. The fourth-order valence-electron chi connectivity index (χ4n) is 2.76. The molecule has 0 aliphatic carbocycles. The number of nitriles is 1. The average Bonchev–Trinajstić information content (AvgIpc) is 3.22. The van der Waals surface area contributed by atoms with Crippen LogP contribution in [0, 0.1) is 25.2 Å². The van der Waals surface area contributed by atoms with Crippen molar-refractivity contribution in [2.45, 2.75) is 32.8 Å². The number of hydrogen-bond donors (Lipinski definition) is 1. The Morgan fingerprint density at radius 2 is 2.24 bits per heavy atom. The van der Waals surface area contributed by atoms with Crippen LogP contribution in [0.25, 0.3) is 0 Å². The number of anilines is 1. The normalized spacial score (nSPS) is 16.4. The first-order valence-corrected chi connectivity index (χ1v) is 9.06. The second-order valence-electron chi connectivity index (χ2n) is 6.00. The Labute approximate surface area is 151 Å². The maximum atomic E-state index is 12.7. The van der Waals surface area contributed by atoms with Gasteiger partial charge in [0.2, 0.25) is 0 Å². The predicted octanol–water partition coefficient (Wildman–Crippen LogP) is 4.05. The number of hydrogen-bond acceptors (Lipinski definition) is 5. The summed E-state index contributed by atoms with van der Waals surface area (Å²) in [6.45, 7) is 5.03. The standard InChI is InChI=1S/C19H20N2O3S/c1-12-13(2)25-19(16(12)10-20)21-18(22)15-7-3-4-8-17(15)24-11-14-6-5-9-23-14/h3-4,7-8,14H,5-6,9,11H2,1-2H3,(H,21,22). The minimum absolute atomic E-state index is 0.0869. The Bertz CT molecular complexity index is 817. The van der Waals surface area contributed by atoms with E-state index in [2.05, 4.69) is 11.4 Å². The largest absolute Gasteiger partial charge is 0.490 e. The molecule has 3 rings (SSSR count). The third-order valence-corrected chi connectivity index (χ3v) is 5.43. The molecule has 0 radical (unpaired) electrons. The van der Waals surface area contributed by atoms with E-state index in [1.54, 1.807) is 18.2 Å². The minimum Gasteiger partial charge on any atom is -0.490 e. The Kier molecular flexibility index (Phi) is 5.37. The van der Waals surface area contributed by atoms with E-state index in [0.717, 1.165) is 29.9 Å². The van der Waals surface area contributed by atoms with Gasteiger partial charge in [-0.1, -0.05) is 12.1 Å². The molecule has 1 amide bonds. The summed E-state index contributed by atoms with van der Waals surface area (Å²) in [7, 11) is 0. The molecule has 1 N–H and O–H groups in total. The summed E-state index contributed by atoms with van der Waals surface area (Å²) in [6.07, 6.45) is 2.11. The number of ether oxygens (including phenoxy) is 2. The van der Waals surface area contributed by atoms with Crippen molar-refractivity contribution >= 4 is 22.2 Å². The van der Waals surface area contributed by atoms with Crippen molar-refractivity contribution in [1.82, 2.24) is 0 Å². The lowest BCUT2D eigenvalue weighted by Crippen LogP contribution is -2.19. The zero-order valence-electron chi connectivity index (χ0n) is 14.3. The molecular weight excluding hydrogens is 336 g/mol. The third kappa shape index (κ3) is 3.84. The van der Waals surface area contributed by atoms with E-state index in [0.29, 0.717) is 28.5 Å². The van der Waals surface area contributed by atoms with Crippen LogP contribution < -0.4 is 10.1 Å². The number of amides is 1. The lowest BCUT2D eigenvalue weighted by atomic mass is 10.1. The first kappa shape index (κ1) is 17.5. The van der Waals surface area contributed by atoms with Crippen LogP contribution in [0.3, 0.4) is 0 Å². The summed E-state index contributed by atoms with van der Waals surface area (Å²) in [6, 6.07) is 9.30. The molecule has 1 aliphatic rings. The maximum absolute atomic E-state index is 12.7. The van der Waals surface area contributed by atoms with Gasteiger partial charge in [-0.15, -0.1) is 11.3 Å².